The molecule has 0 bridgehead atoms. The van der Waals surface area contributed by atoms with Gasteiger partial charge in [0.2, 0.25) is 0 Å². The van der Waals surface area contributed by atoms with Crippen LogP contribution in [0.3, 0.4) is 0 Å². The highest BCUT2D eigenvalue weighted by Crippen LogP contribution is 2.20. The van der Waals surface area contributed by atoms with E-state index in [2.05, 4.69) is 5.32 Å². The number of carbonyl (C=O) groups excluding carboxylic acids is 2. The highest BCUT2D eigenvalue weighted by Gasteiger charge is 2.19. The molecule has 2 rings (SSSR count). The van der Waals surface area contributed by atoms with Crippen molar-refractivity contribution in [3.05, 3.63) is 64.0 Å². The van der Waals surface area contributed by atoms with Crippen molar-refractivity contribution in [1.29, 1.82) is 0 Å². The second-order valence-corrected chi connectivity index (χ2v) is 5.18. The van der Waals surface area contributed by atoms with E-state index in [1.165, 1.54) is 23.8 Å². The Kier molecular flexibility index (Phi) is 5.54. The second kappa shape index (κ2) is 7.60. The fraction of sp³-hybridized carbons (Fsp3) is 0.188. The molecule has 0 aliphatic heterocycles. The van der Waals surface area contributed by atoms with Crippen molar-refractivity contribution in [2.75, 3.05) is 5.32 Å². The highest BCUT2D eigenvalue weighted by molar-refractivity contribution is 6.33. The molecule has 7 heteroatoms. The number of aromatic nitrogens is 1. The Morgan fingerprint density at radius 1 is 1.22 bits per heavy atom. The van der Waals surface area contributed by atoms with E-state index < -0.39 is 18.0 Å². The standard InChI is InChI=1S/C16H15ClN2O4/c1-11(16(22)18-13-7-3-2-6-12(13)17)23-15(21)10-19-9-5-4-8-14(19)20/h2-9,11H,10H2,1H3,(H,18,22)/t11-/m1/s1. The van der Waals surface area contributed by atoms with Crippen LogP contribution in [0.1, 0.15) is 6.92 Å². The Labute approximate surface area is 137 Å². The zero-order chi connectivity index (χ0) is 16.8. The number of amides is 1. The smallest absolute Gasteiger partial charge is 0.326 e. The van der Waals surface area contributed by atoms with Crippen molar-refractivity contribution in [2.45, 2.75) is 19.6 Å². The summed E-state index contributed by atoms with van der Waals surface area (Å²) in [5.74, 6) is -1.19. The number of nitrogens with one attached hydrogen (secondary N) is 1. The molecule has 0 saturated heterocycles. The quantitative estimate of drug-likeness (QED) is 0.849. The minimum absolute atomic E-state index is 0.261. The number of nitrogens with zero attached hydrogens (tertiary/aromatic N) is 1. The van der Waals surface area contributed by atoms with E-state index >= 15 is 0 Å². The van der Waals surface area contributed by atoms with Crippen LogP contribution in [-0.2, 0) is 20.9 Å². The van der Waals surface area contributed by atoms with Crippen molar-refractivity contribution in [1.82, 2.24) is 4.57 Å². The van der Waals surface area contributed by atoms with Crippen LogP contribution in [0.15, 0.2) is 53.5 Å². The lowest BCUT2D eigenvalue weighted by Gasteiger charge is -2.14. The fourth-order valence-electron chi connectivity index (χ4n) is 1.82. The fourth-order valence-corrected chi connectivity index (χ4v) is 2.00. The predicted molar refractivity (Wildman–Crippen MR) is 86.3 cm³/mol. The molecule has 2 aromatic rings. The third-order valence-corrected chi connectivity index (χ3v) is 3.34. The van der Waals surface area contributed by atoms with E-state index in [9.17, 15) is 14.4 Å². The Bertz CT molecular complexity index is 772. The number of anilines is 1. The number of benzene rings is 1. The number of hydrogen-bond donors (Lipinski definition) is 1. The molecule has 120 valence electrons. The molecular formula is C16H15ClN2O4. The van der Waals surface area contributed by atoms with Gasteiger partial charge in [0.1, 0.15) is 6.54 Å². The maximum atomic E-state index is 12.0. The maximum absolute atomic E-state index is 12.0. The Balaban J connectivity index is 1.93. The summed E-state index contributed by atoms with van der Waals surface area (Å²) >= 11 is 5.94. The monoisotopic (exact) mass is 334 g/mol. The third kappa shape index (κ3) is 4.69. The van der Waals surface area contributed by atoms with E-state index in [-0.39, 0.29) is 12.1 Å². The predicted octanol–water partition coefficient (Wildman–Crippen LogP) is 2.07. The van der Waals surface area contributed by atoms with Gasteiger partial charge in [-0.25, -0.2) is 0 Å². The van der Waals surface area contributed by atoms with Gasteiger partial charge in [-0.1, -0.05) is 29.8 Å². The Morgan fingerprint density at radius 2 is 1.91 bits per heavy atom. The van der Waals surface area contributed by atoms with Gasteiger partial charge in [0, 0.05) is 12.3 Å². The molecule has 23 heavy (non-hydrogen) atoms. The van der Waals surface area contributed by atoms with Crippen LogP contribution in [-0.4, -0.2) is 22.5 Å². The van der Waals surface area contributed by atoms with Crippen molar-refractivity contribution in [3.63, 3.8) is 0 Å². The van der Waals surface area contributed by atoms with Gasteiger partial charge in [0.25, 0.3) is 11.5 Å². The van der Waals surface area contributed by atoms with Crippen molar-refractivity contribution in [3.8, 4) is 0 Å². The van der Waals surface area contributed by atoms with Gasteiger partial charge in [-0.15, -0.1) is 0 Å². The number of esters is 1. The summed E-state index contributed by atoms with van der Waals surface area (Å²) in [7, 11) is 0. The summed E-state index contributed by atoms with van der Waals surface area (Å²) < 4.78 is 6.22. The van der Waals surface area contributed by atoms with Crippen molar-refractivity contribution < 1.29 is 14.3 Å². The number of hydrogen-bond acceptors (Lipinski definition) is 4. The average molecular weight is 335 g/mol. The molecular weight excluding hydrogens is 320 g/mol. The number of carbonyl (C=O) groups is 2. The van der Waals surface area contributed by atoms with Gasteiger partial charge >= 0.3 is 5.97 Å². The Morgan fingerprint density at radius 3 is 2.61 bits per heavy atom. The van der Waals surface area contributed by atoms with E-state index in [0.717, 1.165) is 0 Å². The number of halogens is 1. The molecule has 1 heterocycles. The van der Waals surface area contributed by atoms with E-state index in [4.69, 9.17) is 16.3 Å². The molecule has 1 amide bonds. The SMILES string of the molecule is C[C@@H](OC(=O)Cn1ccccc1=O)C(=O)Nc1ccccc1Cl. The van der Waals surface area contributed by atoms with E-state index in [1.807, 2.05) is 0 Å². The topological polar surface area (TPSA) is 77.4 Å². The van der Waals surface area contributed by atoms with Crippen LogP contribution in [0, 0.1) is 0 Å². The van der Waals surface area contributed by atoms with Crippen molar-refractivity contribution in [2.24, 2.45) is 0 Å². The van der Waals surface area contributed by atoms with Crippen LogP contribution in [0.4, 0.5) is 5.69 Å². The second-order valence-electron chi connectivity index (χ2n) is 4.77. The third-order valence-electron chi connectivity index (χ3n) is 3.01. The summed E-state index contributed by atoms with van der Waals surface area (Å²) in [5, 5.41) is 2.96. The molecule has 6 nitrogen and oxygen atoms in total. The van der Waals surface area contributed by atoms with Crippen LogP contribution in [0.25, 0.3) is 0 Å². The van der Waals surface area contributed by atoms with E-state index in [1.54, 1.807) is 36.4 Å². The van der Waals surface area contributed by atoms with Gasteiger partial charge in [-0.05, 0) is 25.1 Å². The minimum atomic E-state index is -1.02. The van der Waals surface area contributed by atoms with Gasteiger partial charge in [-0.2, -0.15) is 0 Å². The summed E-state index contributed by atoms with van der Waals surface area (Å²) in [5.41, 5.74) is 0.110. The summed E-state index contributed by atoms with van der Waals surface area (Å²) in [4.78, 5) is 35.3. The molecule has 0 aliphatic rings. The summed E-state index contributed by atoms with van der Waals surface area (Å²) in [6.45, 7) is 1.18. The normalized spacial score (nSPS) is 11.6. The first-order chi connectivity index (χ1) is 11.0. The zero-order valence-corrected chi connectivity index (χ0v) is 13.1. The molecule has 1 atom stereocenters. The van der Waals surface area contributed by atoms with Crippen LogP contribution in [0.2, 0.25) is 5.02 Å². The van der Waals surface area contributed by atoms with Gasteiger partial charge in [-0.3, -0.25) is 14.4 Å². The Hall–Kier alpha value is -2.60. The van der Waals surface area contributed by atoms with Crippen LogP contribution < -0.4 is 10.9 Å². The van der Waals surface area contributed by atoms with Gasteiger partial charge in [0.05, 0.1) is 10.7 Å². The lowest BCUT2D eigenvalue weighted by molar-refractivity contribution is -0.153. The van der Waals surface area contributed by atoms with Gasteiger partial charge in [0.15, 0.2) is 6.10 Å². The minimum Gasteiger partial charge on any atom is -0.451 e. The van der Waals surface area contributed by atoms with Crippen molar-refractivity contribution >= 4 is 29.2 Å². The van der Waals surface area contributed by atoms with Gasteiger partial charge < -0.3 is 14.6 Å². The number of para-hydroxylation sites is 1. The molecule has 0 aliphatic carbocycles. The molecule has 0 saturated carbocycles. The summed E-state index contributed by atoms with van der Waals surface area (Å²) in [6, 6.07) is 11.3. The molecule has 0 radical (unpaired) electrons. The first-order valence-corrected chi connectivity index (χ1v) is 7.25. The summed E-state index contributed by atoms with van der Waals surface area (Å²) in [6.07, 6.45) is 0.455. The molecule has 0 unspecified atom stereocenters. The first-order valence-electron chi connectivity index (χ1n) is 6.87. The lowest BCUT2D eigenvalue weighted by Crippen LogP contribution is -2.32. The molecule has 0 spiro atoms. The number of pyridine rings is 1. The largest absolute Gasteiger partial charge is 0.451 e. The van der Waals surface area contributed by atoms with Crippen LogP contribution >= 0.6 is 11.6 Å². The zero-order valence-electron chi connectivity index (χ0n) is 12.4. The molecule has 1 aromatic heterocycles. The lowest BCUT2D eigenvalue weighted by atomic mass is 10.3. The highest BCUT2D eigenvalue weighted by atomic mass is 35.5. The maximum Gasteiger partial charge on any atom is 0.326 e. The number of ether oxygens (including phenoxy) is 1. The van der Waals surface area contributed by atoms with E-state index in [0.29, 0.717) is 10.7 Å². The first kappa shape index (κ1) is 16.8. The average Bonchev–Trinajstić information content (AvgIpc) is 2.51. The molecule has 1 aromatic carbocycles. The molecule has 0 fully saturated rings. The number of rotatable bonds is 5. The van der Waals surface area contributed by atoms with Crippen LogP contribution in [0.5, 0.6) is 0 Å². The molecule has 1 N–H and O–H groups in total.